The third-order valence-corrected chi connectivity index (χ3v) is 2.25. The first kappa shape index (κ1) is 8.90. The summed E-state index contributed by atoms with van der Waals surface area (Å²) in [5.74, 6) is -0.373. The lowest BCUT2D eigenvalue weighted by molar-refractivity contribution is -0.399. The Bertz CT molecular complexity index is 375. The standard InChI is InChI=1S/C10H10N2O2/c11-8-6-9(13)12(10(8)14)7-4-2-1-3-5-7/h1-5,8H,6,11H2/p+1/t8-/m0/s1. The van der Waals surface area contributed by atoms with Gasteiger partial charge in [-0.15, -0.1) is 0 Å². The van der Waals surface area contributed by atoms with Crippen molar-refractivity contribution in [1.29, 1.82) is 0 Å². The molecule has 1 atom stereocenters. The van der Waals surface area contributed by atoms with Crippen LogP contribution < -0.4 is 10.6 Å². The van der Waals surface area contributed by atoms with E-state index in [4.69, 9.17) is 0 Å². The first-order valence-electron chi connectivity index (χ1n) is 4.45. The Morgan fingerprint density at radius 1 is 1.21 bits per heavy atom. The second-order valence-corrected chi connectivity index (χ2v) is 3.30. The van der Waals surface area contributed by atoms with E-state index < -0.39 is 6.04 Å². The van der Waals surface area contributed by atoms with Gasteiger partial charge in [-0.05, 0) is 12.1 Å². The Hall–Kier alpha value is -1.68. The van der Waals surface area contributed by atoms with Crippen LogP contribution in [0.4, 0.5) is 5.69 Å². The molecule has 0 saturated carbocycles. The minimum atomic E-state index is -0.428. The minimum absolute atomic E-state index is 0.166. The van der Waals surface area contributed by atoms with Crippen molar-refractivity contribution in [2.75, 3.05) is 4.90 Å². The molecule has 0 aromatic heterocycles. The largest absolute Gasteiger partial charge is 0.347 e. The Kier molecular flexibility index (Phi) is 2.05. The van der Waals surface area contributed by atoms with Crippen molar-refractivity contribution in [3.05, 3.63) is 30.3 Å². The van der Waals surface area contributed by atoms with Crippen LogP contribution in [-0.4, -0.2) is 17.9 Å². The normalized spacial score (nSPS) is 21.8. The zero-order valence-corrected chi connectivity index (χ0v) is 7.64. The molecule has 1 aliphatic heterocycles. The van der Waals surface area contributed by atoms with Gasteiger partial charge in [0.2, 0.25) is 5.91 Å². The molecule has 4 heteroatoms. The summed E-state index contributed by atoms with van der Waals surface area (Å²) in [4.78, 5) is 24.2. The summed E-state index contributed by atoms with van der Waals surface area (Å²) in [7, 11) is 0. The maximum atomic E-state index is 11.6. The summed E-state index contributed by atoms with van der Waals surface area (Å²) >= 11 is 0. The fourth-order valence-electron chi connectivity index (χ4n) is 1.54. The van der Waals surface area contributed by atoms with E-state index in [1.165, 1.54) is 4.90 Å². The van der Waals surface area contributed by atoms with Crippen LogP contribution in [0.5, 0.6) is 0 Å². The number of para-hydroxylation sites is 1. The van der Waals surface area contributed by atoms with Crippen LogP contribution >= 0.6 is 0 Å². The van der Waals surface area contributed by atoms with Gasteiger partial charge in [0, 0.05) is 0 Å². The van der Waals surface area contributed by atoms with E-state index >= 15 is 0 Å². The van der Waals surface area contributed by atoms with Crippen LogP contribution in [0.25, 0.3) is 0 Å². The van der Waals surface area contributed by atoms with E-state index in [9.17, 15) is 9.59 Å². The van der Waals surface area contributed by atoms with Crippen molar-refractivity contribution in [2.45, 2.75) is 12.5 Å². The number of carbonyl (C=O) groups excluding carboxylic acids is 2. The lowest BCUT2D eigenvalue weighted by Gasteiger charge is -2.12. The van der Waals surface area contributed by atoms with Gasteiger partial charge in [0.05, 0.1) is 12.1 Å². The molecule has 0 aliphatic carbocycles. The number of benzene rings is 1. The van der Waals surface area contributed by atoms with Crippen molar-refractivity contribution in [3.63, 3.8) is 0 Å². The molecule has 0 spiro atoms. The van der Waals surface area contributed by atoms with Gasteiger partial charge >= 0.3 is 0 Å². The van der Waals surface area contributed by atoms with E-state index in [0.29, 0.717) is 5.69 Å². The molecule has 14 heavy (non-hydrogen) atoms. The highest BCUT2D eigenvalue weighted by Gasteiger charge is 2.39. The Morgan fingerprint density at radius 3 is 2.36 bits per heavy atom. The van der Waals surface area contributed by atoms with Crippen molar-refractivity contribution in [3.8, 4) is 0 Å². The molecule has 72 valence electrons. The maximum Gasteiger partial charge on any atom is 0.292 e. The summed E-state index contributed by atoms with van der Waals surface area (Å²) in [5, 5.41) is 0. The van der Waals surface area contributed by atoms with Crippen molar-refractivity contribution in [2.24, 2.45) is 0 Å². The number of imide groups is 1. The number of amides is 2. The first-order valence-corrected chi connectivity index (χ1v) is 4.45. The molecule has 1 aromatic rings. The Balaban J connectivity index is 2.36. The number of hydrogen-bond donors (Lipinski definition) is 1. The molecular weight excluding hydrogens is 180 g/mol. The number of hydrogen-bond acceptors (Lipinski definition) is 2. The molecule has 1 fully saturated rings. The third kappa shape index (κ3) is 1.29. The summed E-state index contributed by atoms with van der Waals surface area (Å²) in [6, 6.07) is 8.50. The molecule has 0 unspecified atom stereocenters. The lowest BCUT2D eigenvalue weighted by Crippen LogP contribution is -2.64. The van der Waals surface area contributed by atoms with E-state index in [1.54, 1.807) is 24.3 Å². The van der Waals surface area contributed by atoms with Crippen molar-refractivity contribution < 1.29 is 15.3 Å². The average Bonchev–Trinajstić information content (AvgIpc) is 2.43. The highest BCUT2D eigenvalue weighted by Crippen LogP contribution is 2.20. The molecule has 4 nitrogen and oxygen atoms in total. The number of anilines is 1. The van der Waals surface area contributed by atoms with E-state index in [-0.39, 0.29) is 18.2 Å². The van der Waals surface area contributed by atoms with E-state index in [2.05, 4.69) is 5.73 Å². The molecule has 0 bridgehead atoms. The summed E-state index contributed by atoms with van der Waals surface area (Å²) in [6.45, 7) is 0. The highest BCUT2D eigenvalue weighted by molar-refractivity contribution is 6.21. The van der Waals surface area contributed by atoms with Crippen molar-refractivity contribution >= 4 is 17.5 Å². The van der Waals surface area contributed by atoms with Gasteiger partial charge in [-0.1, -0.05) is 18.2 Å². The number of quaternary nitrogens is 1. The van der Waals surface area contributed by atoms with Gasteiger partial charge in [0.15, 0.2) is 6.04 Å². The van der Waals surface area contributed by atoms with Crippen LogP contribution in [0, 0.1) is 0 Å². The van der Waals surface area contributed by atoms with Gasteiger partial charge in [-0.25, -0.2) is 4.90 Å². The number of carbonyl (C=O) groups is 2. The number of rotatable bonds is 1. The maximum absolute atomic E-state index is 11.6. The smallest absolute Gasteiger partial charge is 0.292 e. The van der Waals surface area contributed by atoms with Gasteiger partial charge in [0.25, 0.3) is 5.91 Å². The molecule has 2 rings (SSSR count). The molecular formula is C10H11N2O2+. The second-order valence-electron chi connectivity index (χ2n) is 3.30. The average molecular weight is 191 g/mol. The Morgan fingerprint density at radius 2 is 1.86 bits per heavy atom. The summed E-state index contributed by atoms with van der Waals surface area (Å²) < 4.78 is 0. The van der Waals surface area contributed by atoms with Crippen LogP contribution in [0.2, 0.25) is 0 Å². The van der Waals surface area contributed by atoms with Crippen LogP contribution in [0.3, 0.4) is 0 Å². The first-order chi connectivity index (χ1) is 6.70. The molecule has 1 aromatic carbocycles. The zero-order valence-electron chi connectivity index (χ0n) is 7.64. The van der Waals surface area contributed by atoms with Gasteiger partial charge in [0.1, 0.15) is 0 Å². The van der Waals surface area contributed by atoms with E-state index in [1.807, 2.05) is 6.07 Å². The topological polar surface area (TPSA) is 65.0 Å². The molecule has 1 saturated heterocycles. The second kappa shape index (κ2) is 3.23. The quantitative estimate of drug-likeness (QED) is 0.611. The van der Waals surface area contributed by atoms with Crippen LogP contribution in [-0.2, 0) is 9.59 Å². The monoisotopic (exact) mass is 191 g/mol. The molecule has 2 amide bonds. The van der Waals surface area contributed by atoms with Crippen LogP contribution in [0.15, 0.2) is 30.3 Å². The van der Waals surface area contributed by atoms with E-state index in [0.717, 1.165) is 0 Å². The molecule has 1 aliphatic rings. The third-order valence-electron chi connectivity index (χ3n) is 2.25. The van der Waals surface area contributed by atoms with Gasteiger partial charge < -0.3 is 5.73 Å². The van der Waals surface area contributed by atoms with Crippen molar-refractivity contribution in [1.82, 2.24) is 0 Å². The predicted octanol–water partition coefficient (Wildman–Crippen LogP) is -0.440. The fraction of sp³-hybridized carbons (Fsp3) is 0.200. The van der Waals surface area contributed by atoms with Crippen LogP contribution in [0.1, 0.15) is 6.42 Å². The molecule has 1 heterocycles. The lowest BCUT2D eigenvalue weighted by atomic mass is 10.3. The highest BCUT2D eigenvalue weighted by atomic mass is 16.2. The fourth-order valence-corrected chi connectivity index (χ4v) is 1.54. The SMILES string of the molecule is [NH3+][C@H]1CC(=O)N(c2ccccc2)C1=O. The Labute approximate surface area is 81.3 Å². The zero-order chi connectivity index (χ0) is 10.1. The van der Waals surface area contributed by atoms with Gasteiger partial charge in [-0.3, -0.25) is 9.59 Å². The van der Waals surface area contributed by atoms with Gasteiger partial charge in [-0.2, -0.15) is 0 Å². The molecule has 0 radical (unpaired) electrons. The molecule has 3 N–H and O–H groups in total. The minimum Gasteiger partial charge on any atom is -0.347 e. The predicted molar refractivity (Wildman–Crippen MR) is 50.2 cm³/mol. The summed E-state index contributed by atoms with van der Waals surface area (Å²) in [5.41, 5.74) is 4.27. The summed E-state index contributed by atoms with van der Waals surface area (Å²) in [6.07, 6.45) is 0.216. The number of nitrogens with zero attached hydrogens (tertiary/aromatic N) is 1.